The second-order valence-electron chi connectivity index (χ2n) is 7.57. The Balaban J connectivity index is 1.82. The van der Waals surface area contributed by atoms with Gasteiger partial charge >= 0.3 is 0 Å². The van der Waals surface area contributed by atoms with Crippen LogP contribution in [0.3, 0.4) is 0 Å². The molecular weight excluding hydrogens is 456 g/mol. The summed E-state index contributed by atoms with van der Waals surface area (Å²) in [6, 6.07) is 17.6. The summed E-state index contributed by atoms with van der Waals surface area (Å²) in [7, 11) is 6.35. The Morgan fingerprint density at radius 1 is 0.882 bits per heavy atom. The van der Waals surface area contributed by atoms with Gasteiger partial charge in [0.25, 0.3) is 5.91 Å². The van der Waals surface area contributed by atoms with E-state index in [1.807, 2.05) is 36.4 Å². The van der Waals surface area contributed by atoms with Crippen molar-refractivity contribution in [2.75, 3.05) is 28.4 Å². The SMILES string of the molecule is COc1ccc(OC)c(C2CC(c3ccc(OC)c(OC)c3)=NN2C(=O)c2ccccc2Cl)c1. The number of carbonyl (C=O) groups excluding carboxylic acids is 1. The first kappa shape index (κ1) is 23.4. The van der Waals surface area contributed by atoms with E-state index in [0.29, 0.717) is 40.0 Å². The average Bonchev–Trinajstić information content (AvgIpc) is 3.33. The largest absolute Gasteiger partial charge is 0.497 e. The number of amides is 1. The van der Waals surface area contributed by atoms with E-state index < -0.39 is 6.04 Å². The van der Waals surface area contributed by atoms with E-state index in [9.17, 15) is 4.79 Å². The normalized spacial score (nSPS) is 15.0. The molecule has 1 atom stereocenters. The number of benzene rings is 3. The lowest BCUT2D eigenvalue weighted by Gasteiger charge is -2.24. The van der Waals surface area contributed by atoms with Gasteiger partial charge in [-0.3, -0.25) is 4.79 Å². The molecule has 7 nitrogen and oxygen atoms in total. The van der Waals surface area contributed by atoms with E-state index in [-0.39, 0.29) is 5.91 Å². The van der Waals surface area contributed by atoms with Gasteiger partial charge in [0, 0.05) is 17.5 Å². The first-order valence-electron chi connectivity index (χ1n) is 10.6. The third-order valence-electron chi connectivity index (χ3n) is 5.74. The maximum Gasteiger partial charge on any atom is 0.276 e. The van der Waals surface area contributed by atoms with Gasteiger partial charge in [0.05, 0.1) is 50.8 Å². The minimum atomic E-state index is -0.433. The van der Waals surface area contributed by atoms with Crippen LogP contribution in [0.2, 0.25) is 5.02 Å². The lowest BCUT2D eigenvalue weighted by molar-refractivity contribution is 0.0709. The van der Waals surface area contributed by atoms with Crippen molar-refractivity contribution in [3.8, 4) is 23.0 Å². The number of hydrogen-bond donors (Lipinski definition) is 0. The summed E-state index contributed by atoms with van der Waals surface area (Å²) in [5.74, 6) is 2.16. The van der Waals surface area contributed by atoms with Gasteiger partial charge in [0.15, 0.2) is 11.5 Å². The van der Waals surface area contributed by atoms with Gasteiger partial charge in [-0.25, -0.2) is 5.01 Å². The van der Waals surface area contributed by atoms with Crippen LogP contribution < -0.4 is 18.9 Å². The van der Waals surface area contributed by atoms with Crippen LogP contribution in [0.15, 0.2) is 65.8 Å². The monoisotopic (exact) mass is 480 g/mol. The van der Waals surface area contributed by atoms with E-state index in [2.05, 4.69) is 0 Å². The van der Waals surface area contributed by atoms with Gasteiger partial charge in [-0.05, 0) is 48.5 Å². The number of rotatable bonds is 7. The van der Waals surface area contributed by atoms with Gasteiger partial charge in [-0.2, -0.15) is 5.10 Å². The number of methoxy groups -OCH3 is 4. The maximum absolute atomic E-state index is 13.6. The Morgan fingerprint density at radius 2 is 1.59 bits per heavy atom. The van der Waals surface area contributed by atoms with Crippen molar-refractivity contribution < 1.29 is 23.7 Å². The minimum absolute atomic E-state index is 0.309. The van der Waals surface area contributed by atoms with Crippen molar-refractivity contribution >= 4 is 23.2 Å². The summed E-state index contributed by atoms with van der Waals surface area (Å²) < 4.78 is 21.9. The average molecular weight is 481 g/mol. The van der Waals surface area contributed by atoms with Crippen LogP contribution in [0.5, 0.6) is 23.0 Å². The number of halogens is 1. The molecule has 0 saturated heterocycles. The Morgan fingerprint density at radius 3 is 2.26 bits per heavy atom. The molecule has 1 amide bonds. The molecule has 0 N–H and O–H groups in total. The predicted molar refractivity (Wildman–Crippen MR) is 131 cm³/mol. The Kier molecular flexibility index (Phi) is 6.93. The molecule has 1 unspecified atom stereocenters. The molecule has 0 radical (unpaired) electrons. The number of ether oxygens (including phenoxy) is 4. The lowest BCUT2D eigenvalue weighted by atomic mass is 9.96. The Labute approximate surface area is 203 Å². The zero-order valence-corrected chi connectivity index (χ0v) is 20.1. The topological polar surface area (TPSA) is 69.6 Å². The quantitative estimate of drug-likeness (QED) is 0.455. The van der Waals surface area contributed by atoms with Crippen LogP contribution in [0, 0.1) is 0 Å². The summed E-state index contributed by atoms with van der Waals surface area (Å²) in [5, 5.41) is 6.57. The molecule has 0 spiro atoms. The van der Waals surface area contributed by atoms with Crippen molar-refractivity contribution in [1.29, 1.82) is 0 Å². The Bertz CT molecular complexity index is 1240. The molecule has 1 aliphatic heterocycles. The highest BCUT2D eigenvalue weighted by Crippen LogP contribution is 2.41. The predicted octanol–water partition coefficient (Wildman–Crippen LogP) is 5.37. The van der Waals surface area contributed by atoms with Crippen molar-refractivity contribution in [1.82, 2.24) is 5.01 Å². The second kappa shape index (κ2) is 10.1. The molecule has 0 fully saturated rings. The fourth-order valence-corrected chi connectivity index (χ4v) is 4.20. The van der Waals surface area contributed by atoms with Gasteiger partial charge in [-0.15, -0.1) is 0 Å². The fraction of sp³-hybridized carbons (Fsp3) is 0.231. The molecule has 3 aromatic rings. The van der Waals surface area contributed by atoms with Gasteiger partial charge in [0.1, 0.15) is 11.5 Å². The standard InChI is InChI=1S/C26H25ClN2O5/c1-31-17-10-12-23(32-2)19(14-17)22-15-21(16-9-11-24(33-3)25(13-16)34-4)28-29(22)26(30)18-7-5-6-8-20(18)27/h5-14,22H,15H2,1-4H3. The number of hydrazone groups is 1. The smallest absolute Gasteiger partial charge is 0.276 e. The molecule has 8 heteroatoms. The summed E-state index contributed by atoms with van der Waals surface area (Å²) in [6.07, 6.45) is 0.454. The summed E-state index contributed by atoms with van der Waals surface area (Å²) in [5.41, 5.74) is 2.69. The van der Waals surface area contributed by atoms with Crippen molar-refractivity contribution in [3.63, 3.8) is 0 Å². The Hall–Kier alpha value is -3.71. The molecule has 34 heavy (non-hydrogen) atoms. The van der Waals surface area contributed by atoms with Crippen LogP contribution >= 0.6 is 11.6 Å². The van der Waals surface area contributed by atoms with E-state index in [0.717, 1.165) is 16.8 Å². The van der Waals surface area contributed by atoms with E-state index in [1.165, 1.54) is 5.01 Å². The van der Waals surface area contributed by atoms with E-state index in [4.69, 9.17) is 35.6 Å². The van der Waals surface area contributed by atoms with Crippen LogP contribution in [0.25, 0.3) is 0 Å². The third kappa shape index (κ3) is 4.39. The van der Waals surface area contributed by atoms with E-state index in [1.54, 1.807) is 52.7 Å². The first-order valence-corrected chi connectivity index (χ1v) is 11.0. The van der Waals surface area contributed by atoms with Crippen LogP contribution in [-0.2, 0) is 0 Å². The van der Waals surface area contributed by atoms with Gasteiger partial charge < -0.3 is 18.9 Å². The molecule has 0 saturated carbocycles. The number of hydrogen-bond acceptors (Lipinski definition) is 6. The summed E-state index contributed by atoms with van der Waals surface area (Å²) in [4.78, 5) is 13.6. The maximum atomic E-state index is 13.6. The molecule has 0 aromatic heterocycles. The fourth-order valence-electron chi connectivity index (χ4n) is 3.99. The van der Waals surface area contributed by atoms with Gasteiger partial charge in [0.2, 0.25) is 0 Å². The minimum Gasteiger partial charge on any atom is -0.497 e. The lowest BCUT2D eigenvalue weighted by Crippen LogP contribution is -2.27. The molecule has 176 valence electrons. The molecule has 0 aliphatic carbocycles. The van der Waals surface area contributed by atoms with Crippen molar-refractivity contribution in [2.45, 2.75) is 12.5 Å². The summed E-state index contributed by atoms with van der Waals surface area (Å²) in [6.45, 7) is 0. The van der Waals surface area contributed by atoms with Crippen LogP contribution in [0.1, 0.15) is 33.9 Å². The molecule has 1 heterocycles. The summed E-state index contributed by atoms with van der Waals surface area (Å²) >= 11 is 6.35. The molecule has 1 aliphatic rings. The van der Waals surface area contributed by atoms with Crippen LogP contribution in [-0.4, -0.2) is 45.1 Å². The zero-order chi connectivity index (χ0) is 24.2. The highest BCUT2D eigenvalue weighted by Gasteiger charge is 2.36. The van der Waals surface area contributed by atoms with Gasteiger partial charge in [-0.1, -0.05) is 23.7 Å². The zero-order valence-electron chi connectivity index (χ0n) is 19.4. The van der Waals surface area contributed by atoms with E-state index >= 15 is 0 Å². The molecule has 3 aromatic carbocycles. The second-order valence-corrected chi connectivity index (χ2v) is 7.98. The molecular formula is C26H25ClN2O5. The van der Waals surface area contributed by atoms with Crippen molar-refractivity contribution in [3.05, 3.63) is 82.4 Å². The highest BCUT2D eigenvalue weighted by molar-refractivity contribution is 6.33. The number of nitrogens with zero attached hydrogens (tertiary/aromatic N) is 2. The molecule has 4 rings (SSSR count). The highest BCUT2D eigenvalue weighted by atomic mass is 35.5. The third-order valence-corrected chi connectivity index (χ3v) is 6.06. The number of carbonyl (C=O) groups is 1. The first-order chi connectivity index (χ1) is 16.5. The van der Waals surface area contributed by atoms with Crippen molar-refractivity contribution in [2.24, 2.45) is 5.10 Å². The van der Waals surface area contributed by atoms with Crippen LogP contribution in [0.4, 0.5) is 0 Å². The molecule has 0 bridgehead atoms.